The van der Waals surface area contributed by atoms with Crippen LogP contribution in [0.4, 0.5) is 0 Å². The lowest BCUT2D eigenvalue weighted by Gasteiger charge is -2.35. The van der Waals surface area contributed by atoms with E-state index in [4.69, 9.17) is 21.0 Å². The minimum atomic E-state index is -4.46. The molecule has 0 bridgehead atoms. The number of nitriles is 4. The van der Waals surface area contributed by atoms with E-state index in [0.717, 1.165) is 22.5 Å². The van der Waals surface area contributed by atoms with Crippen LogP contribution in [-0.2, 0) is 20.0 Å². The van der Waals surface area contributed by atoms with Gasteiger partial charge in [-0.15, -0.1) is 0 Å². The third kappa shape index (κ3) is 5.89. The van der Waals surface area contributed by atoms with Crippen LogP contribution in [0.2, 0.25) is 0 Å². The van der Waals surface area contributed by atoms with Gasteiger partial charge in [0.15, 0.2) is 4.08 Å². The van der Waals surface area contributed by atoms with Gasteiger partial charge in [0.2, 0.25) is 20.0 Å². The van der Waals surface area contributed by atoms with Gasteiger partial charge in [0.05, 0.1) is 24.3 Å². The van der Waals surface area contributed by atoms with E-state index in [1.807, 2.05) is 0 Å². The molecule has 0 aliphatic rings. The lowest BCUT2D eigenvalue weighted by atomic mass is 10.4. The van der Waals surface area contributed by atoms with Crippen molar-refractivity contribution in [2.75, 3.05) is 26.2 Å². The molecular weight excluding hydrogens is 392 g/mol. The molecule has 10 nitrogen and oxygen atoms in total. The van der Waals surface area contributed by atoms with Crippen molar-refractivity contribution in [3.05, 3.63) is 0 Å². The highest BCUT2D eigenvalue weighted by Gasteiger charge is 2.52. The van der Waals surface area contributed by atoms with Crippen LogP contribution < -0.4 is 0 Å². The van der Waals surface area contributed by atoms with Crippen LogP contribution in [0.15, 0.2) is 0 Å². The van der Waals surface area contributed by atoms with E-state index < -0.39 is 24.1 Å². The average Bonchev–Trinajstić information content (AvgIpc) is 2.61. The van der Waals surface area contributed by atoms with Gasteiger partial charge in [-0.05, 0) is 13.8 Å². The Balaban J connectivity index is 6.04. The summed E-state index contributed by atoms with van der Waals surface area (Å²) in [6.07, 6.45) is -0.637. The fourth-order valence-electron chi connectivity index (χ4n) is 2.16. The molecule has 0 aliphatic heterocycles. The summed E-state index contributed by atoms with van der Waals surface area (Å²) in [7, 11) is -8.92. The van der Waals surface area contributed by atoms with E-state index in [-0.39, 0.29) is 51.9 Å². The van der Waals surface area contributed by atoms with Crippen molar-refractivity contribution < 1.29 is 16.8 Å². The van der Waals surface area contributed by atoms with Crippen LogP contribution in [0, 0.1) is 45.3 Å². The topological polar surface area (TPSA) is 170 Å². The van der Waals surface area contributed by atoms with E-state index in [1.165, 1.54) is 0 Å². The maximum atomic E-state index is 13.0. The van der Waals surface area contributed by atoms with Crippen molar-refractivity contribution in [2.45, 2.75) is 43.6 Å². The fourth-order valence-corrected chi connectivity index (χ4v) is 6.43. The third-order valence-electron chi connectivity index (χ3n) is 3.81. The largest absolute Gasteiger partial charge is 0.235 e. The number of hydrogen-bond acceptors (Lipinski definition) is 8. The van der Waals surface area contributed by atoms with Crippen LogP contribution in [0.25, 0.3) is 0 Å². The van der Waals surface area contributed by atoms with Gasteiger partial charge >= 0.3 is 0 Å². The number of hydrogen-bond donors (Lipinski definition) is 0. The van der Waals surface area contributed by atoms with Crippen LogP contribution in [-0.4, -0.2) is 55.7 Å². The monoisotopic (exact) mass is 414 g/mol. The number of nitrogens with zero attached hydrogens (tertiary/aromatic N) is 6. The molecule has 0 aromatic carbocycles. The van der Waals surface area contributed by atoms with Gasteiger partial charge in [-0.1, -0.05) is 0 Å². The second-order valence-corrected chi connectivity index (χ2v) is 11.1. The molecule has 0 aromatic rings. The lowest BCUT2D eigenvalue weighted by Crippen LogP contribution is -2.55. The molecular formula is C15H22N6O4S2. The highest BCUT2D eigenvalue weighted by atomic mass is 32.3. The maximum absolute atomic E-state index is 13.0. The molecule has 0 N–H and O–H groups in total. The molecule has 0 saturated heterocycles. The molecule has 0 aromatic heterocycles. The van der Waals surface area contributed by atoms with Gasteiger partial charge in [0, 0.05) is 51.9 Å². The molecule has 0 amide bonds. The Bertz CT molecular complexity index is 761. The highest BCUT2D eigenvalue weighted by molar-refractivity contribution is 8.08. The van der Waals surface area contributed by atoms with Crippen molar-refractivity contribution in [1.29, 1.82) is 21.0 Å². The van der Waals surface area contributed by atoms with Gasteiger partial charge < -0.3 is 0 Å². The van der Waals surface area contributed by atoms with Crippen molar-refractivity contribution in [3.63, 3.8) is 0 Å². The average molecular weight is 415 g/mol. The molecule has 0 saturated carbocycles. The van der Waals surface area contributed by atoms with Gasteiger partial charge in [0.1, 0.15) is 0 Å². The molecule has 12 heteroatoms. The zero-order chi connectivity index (χ0) is 21.1. The van der Waals surface area contributed by atoms with Gasteiger partial charge in [-0.25, -0.2) is 16.8 Å². The summed E-state index contributed by atoms with van der Waals surface area (Å²) in [5, 5.41) is 34.9. The first-order chi connectivity index (χ1) is 12.5. The molecule has 148 valence electrons. The molecule has 0 unspecified atom stereocenters. The SMILES string of the molecule is CC(C)(S(=O)(=O)N(CCC#N)CCC#N)S(=O)(=O)N(CCC#N)CCC#N. The molecule has 0 atom stereocenters. The summed E-state index contributed by atoms with van der Waals surface area (Å²) in [4.78, 5) is 0. The van der Waals surface area contributed by atoms with Crippen molar-refractivity contribution in [2.24, 2.45) is 0 Å². The Morgan fingerprint density at radius 2 is 0.852 bits per heavy atom. The summed E-state index contributed by atoms with van der Waals surface area (Å²) in [6.45, 7) is 1.09. The summed E-state index contributed by atoms with van der Waals surface area (Å²) < 4.78 is 51.5. The minimum Gasteiger partial charge on any atom is -0.210 e. The maximum Gasteiger partial charge on any atom is 0.235 e. The second kappa shape index (κ2) is 10.8. The van der Waals surface area contributed by atoms with Crippen LogP contribution in [0.1, 0.15) is 39.5 Å². The zero-order valence-corrected chi connectivity index (χ0v) is 16.9. The van der Waals surface area contributed by atoms with E-state index in [9.17, 15) is 16.8 Å². The molecule has 0 fully saturated rings. The highest BCUT2D eigenvalue weighted by Crippen LogP contribution is 2.31. The first kappa shape index (κ1) is 24.8. The zero-order valence-electron chi connectivity index (χ0n) is 15.3. The van der Waals surface area contributed by atoms with E-state index in [0.29, 0.717) is 0 Å². The summed E-state index contributed by atoms with van der Waals surface area (Å²) in [6, 6.07) is 7.18. The second-order valence-electron chi connectivity index (χ2n) is 5.84. The normalized spacial score (nSPS) is 12.1. The standard InChI is InChI=1S/C15H22N6O4S2/c1-15(2,26(22,23)20(11-3-7-16)12-4-8-17)27(24,25)21(13-5-9-18)14-6-10-19/h3-6,11-14H2,1-2H3. The van der Waals surface area contributed by atoms with E-state index in [1.54, 1.807) is 24.3 Å². The van der Waals surface area contributed by atoms with Crippen LogP contribution in [0.3, 0.4) is 0 Å². The summed E-state index contributed by atoms with van der Waals surface area (Å²) in [5.74, 6) is 0. The third-order valence-corrected chi connectivity index (χ3v) is 9.65. The Morgan fingerprint density at radius 3 is 1.04 bits per heavy atom. The van der Waals surface area contributed by atoms with Gasteiger partial charge in [-0.3, -0.25) is 0 Å². The molecule has 0 radical (unpaired) electrons. The fraction of sp³-hybridized carbons (Fsp3) is 0.733. The minimum absolute atomic E-state index is 0.159. The van der Waals surface area contributed by atoms with Crippen LogP contribution in [0.5, 0.6) is 0 Å². The van der Waals surface area contributed by atoms with Crippen molar-refractivity contribution in [1.82, 2.24) is 8.61 Å². The first-order valence-electron chi connectivity index (χ1n) is 8.01. The molecule has 0 heterocycles. The Hall–Kier alpha value is -2.22. The lowest BCUT2D eigenvalue weighted by molar-refractivity contribution is 0.394. The predicted molar refractivity (Wildman–Crippen MR) is 96.0 cm³/mol. The number of rotatable bonds is 12. The van der Waals surface area contributed by atoms with Crippen molar-refractivity contribution in [3.8, 4) is 24.3 Å². The van der Waals surface area contributed by atoms with Crippen molar-refractivity contribution >= 4 is 20.0 Å². The predicted octanol–water partition coefficient (Wildman–Crippen LogP) is 0.641. The molecule has 0 rings (SSSR count). The Morgan fingerprint density at radius 1 is 0.630 bits per heavy atom. The first-order valence-corrected chi connectivity index (χ1v) is 10.9. The molecule has 0 spiro atoms. The molecule has 27 heavy (non-hydrogen) atoms. The number of sulfonamides is 2. The Labute approximate surface area is 160 Å². The van der Waals surface area contributed by atoms with E-state index in [2.05, 4.69) is 0 Å². The quantitative estimate of drug-likeness (QED) is 0.447. The Kier molecular flexibility index (Phi) is 9.93. The molecule has 0 aliphatic carbocycles. The van der Waals surface area contributed by atoms with Crippen LogP contribution >= 0.6 is 0 Å². The van der Waals surface area contributed by atoms with E-state index >= 15 is 0 Å². The van der Waals surface area contributed by atoms with Gasteiger partial charge in [-0.2, -0.15) is 29.7 Å². The van der Waals surface area contributed by atoms with Gasteiger partial charge in [0.25, 0.3) is 0 Å². The summed E-state index contributed by atoms with van der Waals surface area (Å²) in [5.41, 5.74) is 0. The summed E-state index contributed by atoms with van der Waals surface area (Å²) >= 11 is 0. The smallest absolute Gasteiger partial charge is 0.210 e.